The van der Waals surface area contributed by atoms with Crippen LogP contribution in [0.15, 0.2) is 0 Å². The molecule has 3 fully saturated rings. The molecule has 3 saturated carbocycles. The van der Waals surface area contributed by atoms with Crippen LogP contribution in [-0.4, -0.2) is 0 Å². The van der Waals surface area contributed by atoms with Crippen LogP contribution in [0.1, 0.15) is 47.5 Å². The van der Waals surface area contributed by atoms with Gasteiger partial charge in [-0.15, -0.1) is 0 Å². The number of rotatable bonds is 0. The highest BCUT2D eigenvalue weighted by molar-refractivity contribution is 5.11. The third-order valence-corrected chi connectivity index (χ3v) is 5.50. The van der Waals surface area contributed by atoms with E-state index in [0.717, 1.165) is 17.8 Å². The van der Waals surface area contributed by atoms with Gasteiger partial charge in [0.1, 0.15) is 0 Å². The molecule has 5 atom stereocenters. The van der Waals surface area contributed by atoms with Crippen LogP contribution in [-0.2, 0) is 0 Å². The molecule has 2 bridgehead atoms. The monoisotopic (exact) mass is 166 g/mol. The lowest BCUT2D eigenvalue weighted by Gasteiger charge is -2.69. The van der Waals surface area contributed by atoms with Gasteiger partial charge < -0.3 is 0 Å². The van der Waals surface area contributed by atoms with Gasteiger partial charge in [-0.25, -0.2) is 0 Å². The minimum absolute atomic E-state index is 0.673. The van der Waals surface area contributed by atoms with Crippen molar-refractivity contribution in [2.24, 2.45) is 28.6 Å². The minimum atomic E-state index is 0.673. The summed E-state index contributed by atoms with van der Waals surface area (Å²) in [5.74, 6) is 2.84. The molecular formula is C12H22. The van der Waals surface area contributed by atoms with Gasteiger partial charge in [0, 0.05) is 0 Å². The number of fused-ring (bicyclic) bond motifs is 2. The predicted molar refractivity (Wildman–Crippen MR) is 52.9 cm³/mol. The van der Waals surface area contributed by atoms with Gasteiger partial charge in [0.05, 0.1) is 0 Å². The van der Waals surface area contributed by atoms with Gasteiger partial charge in [0.25, 0.3) is 0 Å². The molecular weight excluding hydrogens is 144 g/mol. The summed E-state index contributed by atoms with van der Waals surface area (Å²) in [6.07, 6.45) is 2.94. The van der Waals surface area contributed by atoms with E-state index in [4.69, 9.17) is 0 Å². The summed E-state index contributed by atoms with van der Waals surface area (Å²) in [6.45, 7) is 12.3. The molecule has 0 heterocycles. The Morgan fingerprint density at radius 1 is 1.08 bits per heavy atom. The number of hydrogen-bond acceptors (Lipinski definition) is 0. The Bertz CT molecular complexity index is 198. The molecule has 0 aromatic rings. The maximum Gasteiger partial charge on any atom is -0.0261 e. The van der Waals surface area contributed by atoms with E-state index in [-0.39, 0.29) is 0 Å². The van der Waals surface area contributed by atoms with E-state index in [1.165, 1.54) is 12.8 Å². The van der Waals surface area contributed by atoms with E-state index in [9.17, 15) is 0 Å². The van der Waals surface area contributed by atoms with Crippen LogP contribution >= 0.6 is 0 Å². The van der Waals surface area contributed by atoms with Crippen molar-refractivity contribution in [3.63, 3.8) is 0 Å². The fraction of sp³-hybridized carbons (Fsp3) is 1.00. The summed E-state index contributed by atoms with van der Waals surface area (Å²) >= 11 is 0. The fourth-order valence-corrected chi connectivity index (χ4v) is 4.21. The van der Waals surface area contributed by atoms with Crippen molar-refractivity contribution in [1.82, 2.24) is 0 Å². The average Bonchev–Trinajstić information content (AvgIpc) is 1.99. The quantitative estimate of drug-likeness (QED) is 0.514. The molecule has 3 rings (SSSR count). The van der Waals surface area contributed by atoms with Crippen molar-refractivity contribution in [2.45, 2.75) is 47.5 Å². The first-order valence-electron chi connectivity index (χ1n) is 5.40. The van der Waals surface area contributed by atoms with E-state index < -0.39 is 0 Å². The largest absolute Gasteiger partial charge is 0.0622 e. The van der Waals surface area contributed by atoms with Crippen LogP contribution in [0.3, 0.4) is 0 Å². The summed E-state index contributed by atoms with van der Waals surface area (Å²) in [7, 11) is 0. The van der Waals surface area contributed by atoms with Gasteiger partial charge in [-0.1, -0.05) is 34.6 Å². The van der Waals surface area contributed by atoms with Crippen LogP contribution in [0, 0.1) is 28.6 Å². The topological polar surface area (TPSA) is 0 Å². The Hall–Kier alpha value is 0. The Morgan fingerprint density at radius 3 is 2.17 bits per heavy atom. The second-order valence-electron chi connectivity index (χ2n) is 6.03. The van der Waals surface area contributed by atoms with Crippen molar-refractivity contribution in [3.8, 4) is 0 Å². The molecule has 0 aliphatic heterocycles. The van der Waals surface area contributed by atoms with Gasteiger partial charge in [0.15, 0.2) is 0 Å². The van der Waals surface area contributed by atoms with Crippen LogP contribution in [0.5, 0.6) is 0 Å². The average molecular weight is 166 g/mol. The molecule has 12 heavy (non-hydrogen) atoms. The zero-order valence-corrected chi connectivity index (χ0v) is 9.15. The number of hydrogen-bond donors (Lipinski definition) is 0. The second-order valence-corrected chi connectivity index (χ2v) is 6.03. The standard InChI is InChI=1S/C12H22/c1-8-6-11(4)7-12(5,9(8)2)10(11)3/h8-10H,6-7H2,1-5H3. The smallest absolute Gasteiger partial charge is 0.0261 e. The van der Waals surface area contributed by atoms with Crippen LogP contribution in [0.2, 0.25) is 0 Å². The Labute approximate surface area is 76.7 Å². The Balaban J connectivity index is 2.28. The zero-order valence-electron chi connectivity index (χ0n) is 9.15. The van der Waals surface area contributed by atoms with Gasteiger partial charge >= 0.3 is 0 Å². The summed E-state index contributed by atoms with van der Waals surface area (Å²) < 4.78 is 0. The van der Waals surface area contributed by atoms with Crippen LogP contribution in [0.25, 0.3) is 0 Å². The first-order chi connectivity index (χ1) is 5.40. The molecule has 70 valence electrons. The van der Waals surface area contributed by atoms with E-state index in [1.54, 1.807) is 0 Å². The van der Waals surface area contributed by atoms with Gasteiger partial charge in [-0.05, 0) is 41.4 Å². The Morgan fingerprint density at radius 2 is 1.67 bits per heavy atom. The lowest BCUT2D eigenvalue weighted by atomic mass is 9.36. The second kappa shape index (κ2) is 2.08. The van der Waals surface area contributed by atoms with Crippen molar-refractivity contribution in [2.75, 3.05) is 0 Å². The first kappa shape index (κ1) is 8.59. The zero-order chi connectivity index (χ0) is 9.15. The van der Waals surface area contributed by atoms with Crippen molar-refractivity contribution >= 4 is 0 Å². The maximum atomic E-state index is 2.50. The molecule has 0 radical (unpaired) electrons. The van der Waals surface area contributed by atoms with Crippen molar-refractivity contribution in [3.05, 3.63) is 0 Å². The molecule has 3 aliphatic rings. The molecule has 5 unspecified atom stereocenters. The van der Waals surface area contributed by atoms with Crippen LogP contribution in [0.4, 0.5) is 0 Å². The van der Waals surface area contributed by atoms with Gasteiger partial charge in [-0.2, -0.15) is 0 Å². The highest BCUT2D eigenvalue weighted by Gasteiger charge is 2.62. The molecule has 0 amide bonds. The third kappa shape index (κ3) is 0.744. The maximum absolute atomic E-state index is 2.50. The summed E-state index contributed by atoms with van der Waals surface area (Å²) in [5, 5.41) is 0. The summed E-state index contributed by atoms with van der Waals surface area (Å²) in [5.41, 5.74) is 1.37. The molecule has 0 nitrogen and oxygen atoms in total. The third-order valence-electron chi connectivity index (χ3n) is 5.50. The van der Waals surface area contributed by atoms with Crippen molar-refractivity contribution in [1.29, 1.82) is 0 Å². The van der Waals surface area contributed by atoms with E-state index in [2.05, 4.69) is 34.6 Å². The highest BCUT2D eigenvalue weighted by atomic mass is 14.7. The summed E-state index contributed by atoms with van der Waals surface area (Å²) in [6, 6.07) is 0. The van der Waals surface area contributed by atoms with Crippen molar-refractivity contribution < 1.29 is 0 Å². The molecule has 0 N–H and O–H groups in total. The SMILES string of the molecule is CC1CC2(C)CC(C)(C1C)C2C. The minimum Gasteiger partial charge on any atom is -0.0622 e. The lowest BCUT2D eigenvalue weighted by molar-refractivity contribution is -0.196. The van der Waals surface area contributed by atoms with Gasteiger partial charge in [-0.3, -0.25) is 0 Å². The van der Waals surface area contributed by atoms with E-state index >= 15 is 0 Å². The Kier molecular flexibility index (Phi) is 1.49. The molecule has 0 aromatic carbocycles. The lowest BCUT2D eigenvalue weighted by Crippen LogP contribution is -2.61. The predicted octanol–water partition coefficient (Wildman–Crippen LogP) is 3.71. The highest BCUT2D eigenvalue weighted by Crippen LogP contribution is 2.70. The normalized spacial score (nSPS) is 64.2. The molecule has 0 aromatic heterocycles. The van der Waals surface area contributed by atoms with E-state index in [1.807, 2.05) is 0 Å². The van der Waals surface area contributed by atoms with E-state index in [0.29, 0.717) is 10.8 Å². The molecule has 0 spiro atoms. The van der Waals surface area contributed by atoms with Gasteiger partial charge in [0.2, 0.25) is 0 Å². The van der Waals surface area contributed by atoms with Crippen LogP contribution < -0.4 is 0 Å². The molecule has 0 saturated heterocycles. The molecule has 0 heteroatoms. The fourth-order valence-electron chi connectivity index (χ4n) is 4.21. The first-order valence-corrected chi connectivity index (χ1v) is 5.40. The molecule has 3 aliphatic carbocycles. The summed E-state index contributed by atoms with van der Waals surface area (Å²) in [4.78, 5) is 0.